The zero-order chi connectivity index (χ0) is 25.6. The van der Waals surface area contributed by atoms with E-state index in [1.54, 1.807) is 37.4 Å². The lowest BCUT2D eigenvalue weighted by molar-refractivity contribution is -0.140. The van der Waals surface area contributed by atoms with Crippen molar-refractivity contribution >= 4 is 50.5 Å². The highest BCUT2D eigenvalue weighted by atomic mass is 35.5. The number of thiophene rings is 1. The maximum Gasteiger partial charge on any atom is 0.302 e. The second-order valence-electron chi connectivity index (χ2n) is 6.97. The van der Waals surface area contributed by atoms with Gasteiger partial charge in [-0.25, -0.2) is 13.1 Å². The second kappa shape index (κ2) is 11.4. The molecule has 3 aromatic rings. The van der Waals surface area contributed by atoms with Crippen LogP contribution in [0.2, 0.25) is 5.02 Å². The molecule has 1 aliphatic rings. The number of ether oxygens (including phenoxy) is 3. The Morgan fingerprint density at radius 2 is 2.06 bits per heavy atom. The Labute approximate surface area is 210 Å². The minimum Gasteiger partial charge on any atom is -0.466 e. The smallest absolute Gasteiger partial charge is 0.302 e. The molecule has 14 heteroatoms. The third-order valence-electron chi connectivity index (χ3n) is 4.48. The van der Waals surface area contributed by atoms with Crippen LogP contribution in [0.1, 0.15) is 30.0 Å². The Morgan fingerprint density at radius 1 is 1.31 bits per heavy atom. The first-order chi connectivity index (χ1) is 16.7. The highest BCUT2D eigenvalue weighted by Gasteiger charge is 2.26. The van der Waals surface area contributed by atoms with Gasteiger partial charge in [0, 0.05) is 13.3 Å². The summed E-state index contributed by atoms with van der Waals surface area (Å²) in [6, 6.07) is 6.69. The van der Waals surface area contributed by atoms with Crippen molar-refractivity contribution in [1.82, 2.24) is 5.16 Å². The maximum absolute atomic E-state index is 12.8. The molecular weight excluding hydrogens is 522 g/mol. The zero-order valence-corrected chi connectivity index (χ0v) is 21.3. The molecule has 11 nitrogen and oxygen atoms in total. The van der Waals surface area contributed by atoms with Gasteiger partial charge in [-0.05, 0) is 43.0 Å². The number of oxime groups is 1. The molecule has 0 fully saturated rings. The largest absolute Gasteiger partial charge is 0.466 e. The summed E-state index contributed by atoms with van der Waals surface area (Å²) in [7, 11) is -4.06. The van der Waals surface area contributed by atoms with Crippen molar-refractivity contribution < 1.29 is 37.2 Å². The van der Waals surface area contributed by atoms with Crippen LogP contribution in [0.3, 0.4) is 0 Å². The first-order valence-electron chi connectivity index (χ1n) is 10.1. The Bertz CT molecular complexity index is 1330. The lowest BCUT2D eigenvalue weighted by Gasteiger charge is -2.09. The minimum atomic E-state index is -4.06. The molecule has 0 saturated carbocycles. The standard InChI is InChI=1S/C17H14ClN3O6S2.C4H8O2/c1-9-15(18)17(27-20-9)21-29(23,24)14-4-5-28-16(14)11(19-22)6-10-2-3-12-13(7-10)26-8-25-12;1-3-6-4(2)5/h2-5,7,21-22H,6,8H2,1H3;3H2,1-2H3/b19-11-;. The first kappa shape index (κ1) is 26.3. The molecule has 2 N–H and O–H groups in total. The van der Waals surface area contributed by atoms with Crippen molar-refractivity contribution in [2.75, 3.05) is 18.1 Å². The first-order valence-corrected chi connectivity index (χ1v) is 12.9. The van der Waals surface area contributed by atoms with Gasteiger partial charge in [0.05, 0.1) is 11.5 Å². The van der Waals surface area contributed by atoms with Gasteiger partial charge in [-0.3, -0.25) is 4.79 Å². The van der Waals surface area contributed by atoms with Gasteiger partial charge in [0.25, 0.3) is 15.9 Å². The molecule has 0 amide bonds. The summed E-state index contributed by atoms with van der Waals surface area (Å²) >= 11 is 7.12. The van der Waals surface area contributed by atoms with Crippen LogP contribution in [0, 0.1) is 6.92 Å². The SMILES string of the molecule is CCOC(C)=O.Cc1noc(NS(=O)(=O)c2ccsc2/C(Cc2ccc3c(c2)OCO3)=N\O)c1Cl. The van der Waals surface area contributed by atoms with E-state index in [0.717, 1.165) is 16.9 Å². The van der Waals surface area contributed by atoms with E-state index in [1.165, 1.54) is 13.0 Å². The number of halogens is 1. The van der Waals surface area contributed by atoms with Gasteiger partial charge >= 0.3 is 5.97 Å². The number of nitrogens with one attached hydrogen (secondary N) is 1. The Hall–Kier alpha value is -3.29. The third-order valence-corrected chi connectivity index (χ3v) is 7.39. The number of rotatable bonds is 7. The lowest BCUT2D eigenvalue weighted by atomic mass is 10.1. The zero-order valence-electron chi connectivity index (χ0n) is 18.9. The van der Waals surface area contributed by atoms with E-state index in [9.17, 15) is 18.4 Å². The van der Waals surface area contributed by atoms with Crippen LogP contribution in [0.25, 0.3) is 0 Å². The number of hydrogen-bond acceptors (Lipinski definition) is 11. The molecule has 3 heterocycles. The molecular formula is C21H22ClN3O8S2. The number of benzene rings is 1. The maximum atomic E-state index is 12.8. The predicted molar refractivity (Wildman–Crippen MR) is 128 cm³/mol. The minimum absolute atomic E-state index is 0.0684. The van der Waals surface area contributed by atoms with E-state index in [4.69, 9.17) is 25.6 Å². The van der Waals surface area contributed by atoms with Crippen LogP contribution in [0.4, 0.5) is 5.88 Å². The number of nitrogens with zero attached hydrogens (tertiary/aromatic N) is 2. The van der Waals surface area contributed by atoms with Gasteiger partial charge in [-0.1, -0.05) is 28.0 Å². The van der Waals surface area contributed by atoms with Gasteiger partial charge in [0.15, 0.2) is 11.5 Å². The van der Waals surface area contributed by atoms with E-state index in [2.05, 4.69) is 19.8 Å². The molecule has 0 unspecified atom stereocenters. The average Bonchev–Trinajstić information content (AvgIpc) is 3.55. The Kier molecular flexibility index (Phi) is 8.59. The Morgan fingerprint density at radius 3 is 2.66 bits per heavy atom. The summed E-state index contributed by atoms with van der Waals surface area (Å²) in [4.78, 5) is 10.0. The highest BCUT2D eigenvalue weighted by molar-refractivity contribution is 7.93. The second-order valence-corrected chi connectivity index (χ2v) is 9.91. The van der Waals surface area contributed by atoms with Crippen LogP contribution < -0.4 is 14.2 Å². The number of anilines is 1. The topological polar surface area (TPSA) is 150 Å². The summed E-state index contributed by atoms with van der Waals surface area (Å²) in [6.45, 7) is 5.38. The van der Waals surface area contributed by atoms with Gasteiger partial charge in [0.2, 0.25) is 6.79 Å². The van der Waals surface area contributed by atoms with Gasteiger partial charge < -0.3 is 23.9 Å². The summed E-state index contributed by atoms with van der Waals surface area (Å²) in [5.74, 6) is 0.812. The molecule has 1 aliphatic heterocycles. The van der Waals surface area contributed by atoms with Crippen molar-refractivity contribution in [2.45, 2.75) is 32.1 Å². The molecule has 0 spiro atoms. The number of carbonyl (C=O) groups excluding carboxylic acids is 1. The van der Waals surface area contributed by atoms with Gasteiger partial charge in [-0.2, -0.15) is 0 Å². The molecule has 0 atom stereocenters. The van der Waals surface area contributed by atoms with E-state index >= 15 is 0 Å². The fourth-order valence-electron chi connectivity index (χ4n) is 2.93. The Balaban J connectivity index is 0.000000509. The number of hydrogen-bond donors (Lipinski definition) is 2. The number of esters is 1. The molecule has 0 saturated heterocycles. The monoisotopic (exact) mass is 543 g/mol. The van der Waals surface area contributed by atoms with E-state index < -0.39 is 10.0 Å². The van der Waals surface area contributed by atoms with E-state index in [-0.39, 0.29) is 45.6 Å². The summed E-state index contributed by atoms with van der Waals surface area (Å²) < 4.78 is 47.9. The van der Waals surface area contributed by atoms with Crippen LogP contribution in [0.15, 0.2) is 44.2 Å². The van der Waals surface area contributed by atoms with Crippen LogP contribution in [-0.4, -0.2) is 43.9 Å². The molecule has 4 rings (SSSR count). The van der Waals surface area contributed by atoms with Crippen molar-refractivity contribution in [2.24, 2.45) is 5.16 Å². The lowest BCUT2D eigenvalue weighted by Crippen LogP contribution is -2.16. The van der Waals surface area contributed by atoms with Crippen LogP contribution >= 0.6 is 22.9 Å². The number of sulfonamides is 1. The van der Waals surface area contributed by atoms with Gasteiger partial charge in [0.1, 0.15) is 21.3 Å². The highest BCUT2D eigenvalue weighted by Crippen LogP contribution is 2.34. The van der Waals surface area contributed by atoms with Crippen molar-refractivity contribution in [1.29, 1.82) is 0 Å². The predicted octanol–water partition coefficient (Wildman–Crippen LogP) is 4.22. The fraction of sp³-hybridized carbons (Fsp3) is 0.286. The van der Waals surface area contributed by atoms with E-state index in [1.807, 2.05) is 0 Å². The average molecular weight is 544 g/mol. The van der Waals surface area contributed by atoms with E-state index in [0.29, 0.717) is 23.8 Å². The third kappa shape index (κ3) is 6.44. The molecule has 0 aliphatic carbocycles. The number of fused-ring (bicyclic) bond motifs is 1. The molecule has 35 heavy (non-hydrogen) atoms. The quantitative estimate of drug-likeness (QED) is 0.193. The molecule has 1 aromatic carbocycles. The summed E-state index contributed by atoms with van der Waals surface area (Å²) in [5, 5.41) is 18.2. The van der Waals surface area contributed by atoms with Crippen LogP contribution in [-0.2, 0) is 26.0 Å². The molecule has 0 radical (unpaired) electrons. The van der Waals surface area contributed by atoms with Crippen molar-refractivity contribution in [3.63, 3.8) is 0 Å². The summed E-state index contributed by atoms with van der Waals surface area (Å²) in [5.41, 5.74) is 1.30. The normalized spacial score (nSPS) is 12.6. The molecule has 188 valence electrons. The fourth-order valence-corrected chi connectivity index (χ4v) is 5.53. The van der Waals surface area contributed by atoms with Crippen molar-refractivity contribution in [3.8, 4) is 11.5 Å². The van der Waals surface area contributed by atoms with Crippen molar-refractivity contribution in [3.05, 3.63) is 50.8 Å². The van der Waals surface area contributed by atoms with Crippen LogP contribution in [0.5, 0.6) is 11.5 Å². The number of carbonyl (C=O) groups is 1. The molecule has 0 bridgehead atoms. The summed E-state index contributed by atoms with van der Waals surface area (Å²) in [6.07, 6.45) is 0.179. The number of aromatic nitrogens is 1. The number of aryl methyl sites for hydroxylation is 1. The molecule has 2 aromatic heterocycles. The van der Waals surface area contributed by atoms with Gasteiger partial charge in [-0.15, -0.1) is 11.3 Å².